The number of nitrogens with one attached hydrogen (secondary N) is 1. The second-order valence-corrected chi connectivity index (χ2v) is 13.4. The number of fused-ring (bicyclic) bond motifs is 2. The van der Waals surface area contributed by atoms with Gasteiger partial charge < -0.3 is 30.3 Å². The molecule has 0 aromatic heterocycles. The molecule has 5 rings (SSSR count). The number of likely N-dealkylation sites (N-methyl/N-ethyl adjacent to an activating group) is 1. The van der Waals surface area contributed by atoms with Crippen molar-refractivity contribution >= 4 is 17.4 Å². The minimum absolute atomic E-state index is 0.0281. The van der Waals surface area contributed by atoms with E-state index in [9.17, 15) is 24.9 Å². The number of para-hydroxylation sites is 1. The number of hydrogen-bond donors (Lipinski definition) is 4. The van der Waals surface area contributed by atoms with Crippen LogP contribution in [0, 0.1) is 29.1 Å². The summed E-state index contributed by atoms with van der Waals surface area (Å²) < 4.78 is 5.86. The Morgan fingerprint density at radius 2 is 1.98 bits per heavy atom. The van der Waals surface area contributed by atoms with Crippen molar-refractivity contribution in [2.45, 2.75) is 71.4 Å². The highest BCUT2D eigenvalue weighted by Crippen LogP contribution is 2.61. The Morgan fingerprint density at radius 3 is 2.52 bits per heavy atom. The van der Waals surface area contributed by atoms with Crippen molar-refractivity contribution < 1.29 is 34.5 Å². The van der Waals surface area contributed by atoms with E-state index in [1.165, 1.54) is 19.6 Å². The SMILES string of the molecule is C=C(/C=C(\C=C\C(=O)O)c1cccc(CN2O[C@@H](CO)[C@@H]([C@H](C)O)[C@H]2C(=O)N[C@H]2C[C@@H]3C[C@H]([C@@H]2C)C3(C)C)c1OC)N(C)C. The van der Waals surface area contributed by atoms with Crippen LogP contribution in [0.3, 0.4) is 0 Å². The van der Waals surface area contributed by atoms with Crippen LogP contribution >= 0.6 is 0 Å². The fourth-order valence-electron chi connectivity index (χ4n) is 7.52. The van der Waals surface area contributed by atoms with E-state index < -0.39 is 30.1 Å². The molecule has 1 amide bonds. The van der Waals surface area contributed by atoms with Gasteiger partial charge in [-0.05, 0) is 60.7 Å². The van der Waals surface area contributed by atoms with Gasteiger partial charge in [-0.25, -0.2) is 4.79 Å². The van der Waals surface area contributed by atoms with Crippen LogP contribution in [-0.2, 0) is 21.0 Å². The number of carbonyl (C=O) groups is 2. The Labute approximate surface area is 261 Å². The first-order valence-corrected chi connectivity index (χ1v) is 15.4. The van der Waals surface area contributed by atoms with Gasteiger partial charge in [-0.15, -0.1) is 0 Å². The molecule has 1 aliphatic heterocycles. The number of allylic oxidation sites excluding steroid dienone is 3. The van der Waals surface area contributed by atoms with Crippen molar-refractivity contribution in [3.63, 3.8) is 0 Å². The van der Waals surface area contributed by atoms with E-state index in [2.05, 4.69) is 32.7 Å². The molecule has 3 saturated carbocycles. The molecule has 242 valence electrons. The number of hydroxylamine groups is 2. The summed E-state index contributed by atoms with van der Waals surface area (Å²) in [5, 5.41) is 35.1. The van der Waals surface area contributed by atoms with E-state index in [0.717, 1.165) is 12.5 Å². The molecule has 8 atom stereocenters. The molecule has 1 saturated heterocycles. The summed E-state index contributed by atoms with van der Waals surface area (Å²) in [7, 11) is 5.22. The third kappa shape index (κ3) is 6.59. The number of methoxy groups -OCH3 is 1. The average molecular weight is 612 g/mol. The first-order valence-electron chi connectivity index (χ1n) is 15.4. The number of rotatable bonds is 12. The highest BCUT2D eigenvalue weighted by Gasteiger charge is 2.57. The molecule has 3 aliphatic carbocycles. The van der Waals surface area contributed by atoms with Gasteiger partial charge >= 0.3 is 5.97 Å². The van der Waals surface area contributed by atoms with Crippen molar-refractivity contribution in [1.82, 2.24) is 15.3 Å². The molecule has 4 fully saturated rings. The second kappa shape index (κ2) is 13.4. The summed E-state index contributed by atoms with van der Waals surface area (Å²) in [4.78, 5) is 33.4. The van der Waals surface area contributed by atoms with E-state index in [4.69, 9.17) is 9.57 Å². The highest BCUT2D eigenvalue weighted by atomic mass is 16.7. The standard InChI is InChI=1S/C34H49N3O7/c1-19(36(6)7)14-22(12-13-29(40)41)25-11-9-10-23(32(25)43-8)17-37-31(30(21(3)39)28(18-38)44-37)33(42)35-27-16-24-15-26(20(27)2)34(24,4)5/h9-14,20-21,24,26-28,30-31,38-39H,1,15-18H2,2-8H3,(H,35,42)(H,40,41)/b13-12+,22-14+/t20-,21-,24-,26+,27-,28-,30+,31-/m0/s1. The largest absolute Gasteiger partial charge is 0.496 e. The number of benzene rings is 1. The van der Waals surface area contributed by atoms with Crippen molar-refractivity contribution in [1.29, 1.82) is 0 Å². The van der Waals surface area contributed by atoms with Gasteiger partial charge in [0.2, 0.25) is 5.91 Å². The molecular formula is C34H49N3O7. The normalized spacial score (nSPS) is 30.5. The van der Waals surface area contributed by atoms with Crippen molar-refractivity contribution in [3.8, 4) is 5.75 Å². The Bertz CT molecular complexity index is 1300. The summed E-state index contributed by atoms with van der Waals surface area (Å²) in [6.45, 7) is 12.3. The van der Waals surface area contributed by atoms with E-state index in [-0.39, 0.29) is 30.5 Å². The molecule has 10 heteroatoms. The van der Waals surface area contributed by atoms with Gasteiger partial charge in [0.25, 0.3) is 0 Å². The molecule has 0 spiro atoms. The van der Waals surface area contributed by atoms with Crippen molar-refractivity contribution in [3.05, 3.63) is 59.8 Å². The van der Waals surface area contributed by atoms with Gasteiger partial charge in [0.1, 0.15) is 17.9 Å². The Kier molecular flexibility index (Phi) is 10.3. The maximum atomic E-state index is 14.0. The molecular weight excluding hydrogens is 562 g/mol. The molecule has 1 heterocycles. The fourth-order valence-corrected chi connectivity index (χ4v) is 7.52. The van der Waals surface area contributed by atoms with Gasteiger partial charge in [0, 0.05) is 49.0 Å². The van der Waals surface area contributed by atoms with E-state index in [0.29, 0.717) is 45.9 Å². The Balaban J connectivity index is 1.66. The number of carbonyl (C=O) groups excluding carboxylic acids is 1. The molecule has 4 N–H and O–H groups in total. The maximum Gasteiger partial charge on any atom is 0.328 e. The number of carboxylic acid groups (broad SMARTS) is 1. The topological polar surface area (TPSA) is 132 Å². The molecule has 44 heavy (non-hydrogen) atoms. The van der Waals surface area contributed by atoms with Crippen LogP contribution in [0.4, 0.5) is 0 Å². The van der Waals surface area contributed by atoms with Crippen LogP contribution in [0.2, 0.25) is 0 Å². The van der Waals surface area contributed by atoms with E-state index >= 15 is 0 Å². The third-order valence-corrected chi connectivity index (χ3v) is 10.3. The van der Waals surface area contributed by atoms with Crippen LogP contribution in [0.1, 0.15) is 51.7 Å². The summed E-state index contributed by atoms with van der Waals surface area (Å²) in [6.07, 6.45) is 4.74. The second-order valence-electron chi connectivity index (χ2n) is 13.4. The summed E-state index contributed by atoms with van der Waals surface area (Å²) in [5.41, 5.74) is 2.83. The highest BCUT2D eigenvalue weighted by molar-refractivity contribution is 5.88. The predicted molar refractivity (Wildman–Crippen MR) is 168 cm³/mol. The lowest BCUT2D eigenvalue weighted by atomic mass is 9.45. The summed E-state index contributed by atoms with van der Waals surface area (Å²) in [6, 6.07) is 4.68. The van der Waals surface area contributed by atoms with Crippen molar-refractivity contribution in [2.75, 3.05) is 27.8 Å². The van der Waals surface area contributed by atoms with Crippen molar-refractivity contribution in [2.24, 2.45) is 29.1 Å². The third-order valence-electron chi connectivity index (χ3n) is 10.3. The van der Waals surface area contributed by atoms with Gasteiger partial charge in [-0.2, -0.15) is 5.06 Å². The molecule has 1 aromatic carbocycles. The lowest BCUT2D eigenvalue weighted by Crippen LogP contribution is -2.62. The minimum Gasteiger partial charge on any atom is -0.496 e. The van der Waals surface area contributed by atoms with Crippen LogP contribution < -0.4 is 10.1 Å². The summed E-state index contributed by atoms with van der Waals surface area (Å²) >= 11 is 0. The molecule has 10 nitrogen and oxygen atoms in total. The first-order chi connectivity index (χ1) is 20.7. The zero-order valence-electron chi connectivity index (χ0n) is 27.0. The Morgan fingerprint density at radius 1 is 1.27 bits per heavy atom. The predicted octanol–water partition coefficient (Wildman–Crippen LogP) is 3.46. The van der Waals surface area contributed by atoms with Gasteiger partial charge in [-0.1, -0.05) is 45.5 Å². The number of nitrogens with zero attached hydrogens (tertiary/aromatic N) is 2. The number of hydrogen-bond acceptors (Lipinski definition) is 8. The number of ether oxygens (including phenoxy) is 1. The minimum atomic E-state index is -1.09. The van der Waals surface area contributed by atoms with Crippen LogP contribution in [0.15, 0.2) is 48.7 Å². The number of aliphatic hydroxyl groups is 2. The average Bonchev–Trinajstić information content (AvgIpc) is 3.34. The summed E-state index contributed by atoms with van der Waals surface area (Å²) in [5.74, 6) is -0.0582. The van der Waals surface area contributed by atoms with E-state index in [1.54, 1.807) is 18.1 Å². The van der Waals surface area contributed by atoms with Gasteiger partial charge in [-0.3, -0.25) is 9.63 Å². The van der Waals surface area contributed by atoms with Gasteiger partial charge in [0.15, 0.2) is 0 Å². The lowest BCUT2D eigenvalue weighted by Gasteiger charge is -2.62. The zero-order valence-corrected chi connectivity index (χ0v) is 27.0. The Hall–Kier alpha value is -3.18. The maximum absolute atomic E-state index is 14.0. The lowest BCUT2D eigenvalue weighted by molar-refractivity contribution is -0.183. The molecule has 0 unspecified atom stereocenters. The van der Waals surface area contributed by atoms with Gasteiger partial charge in [0.05, 0.1) is 26.4 Å². The first kappa shape index (κ1) is 33.7. The monoisotopic (exact) mass is 611 g/mol. The van der Waals surface area contributed by atoms with Crippen LogP contribution in [-0.4, -0.2) is 89.3 Å². The number of aliphatic hydroxyl groups excluding tert-OH is 2. The number of amides is 1. The smallest absolute Gasteiger partial charge is 0.328 e. The van der Waals surface area contributed by atoms with Crippen LogP contribution in [0.25, 0.3) is 5.57 Å². The molecule has 0 radical (unpaired) electrons. The quantitative estimate of drug-likeness (QED) is 0.207. The zero-order chi connectivity index (χ0) is 32.5. The van der Waals surface area contributed by atoms with Crippen LogP contribution in [0.5, 0.6) is 5.75 Å². The molecule has 1 aromatic rings. The molecule has 2 bridgehead atoms. The number of carboxylic acids is 1. The number of aliphatic carboxylic acids is 1. The fraction of sp³-hybridized carbons (Fsp3) is 0.588. The van der Waals surface area contributed by atoms with E-state index in [1.807, 2.05) is 37.2 Å². The molecule has 4 aliphatic rings.